The summed E-state index contributed by atoms with van der Waals surface area (Å²) in [5.41, 5.74) is 0.845. The Morgan fingerprint density at radius 1 is 0.604 bits per heavy atom. The number of nitrogens with one attached hydrogen (secondary N) is 1. The lowest BCUT2D eigenvalue weighted by molar-refractivity contribution is -0.122. The van der Waals surface area contributed by atoms with Crippen LogP contribution in [-0.2, 0) is 33.5 Å². The Bertz CT molecular complexity index is 1100. The van der Waals surface area contributed by atoms with Gasteiger partial charge in [-0.1, -0.05) is 194 Å². The van der Waals surface area contributed by atoms with E-state index < -0.39 is 10.4 Å². The number of imidazole rings is 1. The number of rotatable bonds is 36. The highest BCUT2D eigenvalue weighted by Gasteiger charge is 2.16. The highest BCUT2D eigenvalue weighted by Crippen LogP contribution is 2.17. The van der Waals surface area contributed by atoms with E-state index in [4.69, 9.17) is 22.5 Å². The number of hydrogen-bond donors (Lipinski definition) is 3. The number of Topliss-reactive ketones (excluding diaryl/α,β-unsaturated/α-hetero) is 1. The van der Waals surface area contributed by atoms with Gasteiger partial charge in [-0.25, -0.2) is 4.98 Å². The van der Waals surface area contributed by atoms with Crippen LogP contribution in [0.3, 0.4) is 0 Å². The first-order valence-corrected chi connectivity index (χ1v) is 23.4. The zero-order valence-electron chi connectivity index (χ0n) is 34.8. The quantitative estimate of drug-likeness (QED) is 0.0456. The van der Waals surface area contributed by atoms with Crippen LogP contribution in [0, 0.1) is 0 Å². The van der Waals surface area contributed by atoms with Gasteiger partial charge < -0.3 is 9.88 Å². The van der Waals surface area contributed by atoms with Crippen LogP contribution in [0.4, 0.5) is 0 Å². The van der Waals surface area contributed by atoms with Crippen molar-refractivity contribution >= 4 is 22.1 Å². The smallest absolute Gasteiger partial charge is 0.348 e. The number of hydrogen-bond acceptors (Lipinski definition) is 5. The minimum atomic E-state index is -4.67. The normalized spacial score (nSPS) is 12.0. The minimum absolute atomic E-state index is 0.105. The van der Waals surface area contributed by atoms with Crippen molar-refractivity contribution in [1.82, 2.24) is 14.9 Å². The van der Waals surface area contributed by atoms with Crippen molar-refractivity contribution in [2.24, 2.45) is 7.05 Å². The van der Waals surface area contributed by atoms with Gasteiger partial charge in [-0.3, -0.25) is 18.7 Å². The summed E-state index contributed by atoms with van der Waals surface area (Å²) in [4.78, 5) is 29.9. The van der Waals surface area contributed by atoms with E-state index in [1.807, 2.05) is 24.7 Å². The number of ketones is 1. The van der Waals surface area contributed by atoms with E-state index in [9.17, 15) is 9.59 Å². The molecule has 3 N–H and O–H groups in total. The molecule has 1 atom stereocenters. The van der Waals surface area contributed by atoms with Crippen LogP contribution in [0.5, 0.6) is 0 Å². The molecule has 1 unspecified atom stereocenters. The van der Waals surface area contributed by atoms with E-state index in [1.165, 1.54) is 167 Å². The summed E-state index contributed by atoms with van der Waals surface area (Å²) in [5, 5.41) is 3.12. The van der Waals surface area contributed by atoms with Crippen LogP contribution < -0.4 is 5.32 Å². The molecule has 0 radical (unpaired) electrons. The van der Waals surface area contributed by atoms with Crippen molar-refractivity contribution < 1.29 is 27.1 Å². The fraction of sp³-hybridized carbons (Fsp3) is 0.884. The van der Waals surface area contributed by atoms with Crippen LogP contribution in [0.2, 0.25) is 0 Å². The Hall–Kier alpha value is -1.78. The lowest BCUT2D eigenvalue weighted by atomic mass is 10.0. The molecular weight excluding hydrogens is 687 g/mol. The topological polar surface area (TPSA) is 139 Å². The standard InChI is InChI=1S/C43H81N3O2.H2O4S/c1-5-7-9-11-13-15-17-19-21-23-25-27-29-31-33-35-40(47)37-42-45-41(38-46(42)4)39(3)44-43(48)36-34-32-30-28-26-24-22-20-18-16-14-12-10-8-6-2;1-5(2,3)4/h38-39H,5-37H2,1-4H3,(H,44,48);(H2,1,2,3,4). The molecule has 0 saturated carbocycles. The van der Waals surface area contributed by atoms with Crippen LogP contribution in [0.1, 0.15) is 244 Å². The van der Waals surface area contributed by atoms with Gasteiger partial charge in [-0.2, -0.15) is 8.42 Å². The molecule has 1 amide bonds. The van der Waals surface area contributed by atoms with E-state index >= 15 is 0 Å². The van der Waals surface area contributed by atoms with Crippen LogP contribution in [-0.4, -0.2) is 38.8 Å². The largest absolute Gasteiger partial charge is 0.394 e. The number of amides is 1. The molecule has 0 aliphatic rings. The number of unbranched alkanes of at least 4 members (excludes halogenated alkanes) is 28. The molecular formula is C43H83N3O6S. The molecule has 1 aromatic rings. The van der Waals surface area contributed by atoms with E-state index in [1.54, 1.807) is 0 Å². The molecule has 1 aromatic heterocycles. The zero-order chi connectivity index (χ0) is 39.4. The summed E-state index contributed by atoms with van der Waals surface area (Å²) >= 11 is 0. The third kappa shape index (κ3) is 36.9. The molecule has 9 nitrogen and oxygen atoms in total. The van der Waals surface area contributed by atoms with Gasteiger partial charge in [-0.15, -0.1) is 0 Å². The maximum absolute atomic E-state index is 12.7. The number of nitrogens with zero attached hydrogens (tertiary/aromatic N) is 2. The van der Waals surface area contributed by atoms with E-state index in [2.05, 4.69) is 19.2 Å². The highest BCUT2D eigenvalue weighted by atomic mass is 32.3. The van der Waals surface area contributed by atoms with E-state index in [0.29, 0.717) is 19.3 Å². The third-order valence-electron chi connectivity index (χ3n) is 10.2. The molecule has 312 valence electrons. The first kappa shape index (κ1) is 51.2. The number of aryl methyl sites for hydroxylation is 1. The van der Waals surface area contributed by atoms with Gasteiger partial charge in [0.15, 0.2) is 0 Å². The van der Waals surface area contributed by atoms with Crippen molar-refractivity contribution in [2.75, 3.05) is 0 Å². The average Bonchev–Trinajstić information content (AvgIpc) is 3.47. The molecule has 0 aliphatic heterocycles. The van der Waals surface area contributed by atoms with Gasteiger partial charge in [0.1, 0.15) is 11.6 Å². The predicted octanol–water partition coefficient (Wildman–Crippen LogP) is 12.6. The van der Waals surface area contributed by atoms with Crippen LogP contribution in [0.15, 0.2) is 6.20 Å². The first-order valence-electron chi connectivity index (χ1n) is 22.0. The number of carbonyl (C=O) groups excluding carboxylic acids is 2. The summed E-state index contributed by atoms with van der Waals surface area (Å²) in [6, 6.07) is -0.139. The average molecular weight is 770 g/mol. The summed E-state index contributed by atoms with van der Waals surface area (Å²) in [5.74, 6) is 1.18. The van der Waals surface area contributed by atoms with Crippen molar-refractivity contribution in [3.8, 4) is 0 Å². The molecule has 10 heteroatoms. The van der Waals surface area contributed by atoms with Gasteiger partial charge in [0.05, 0.1) is 18.2 Å². The molecule has 0 saturated heterocycles. The Morgan fingerprint density at radius 2 is 0.906 bits per heavy atom. The Kier molecular flexibility index (Phi) is 34.7. The first-order chi connectivity index (χ1) is 25.5. The van der Waals surface area contributed by atoms with Gasteiger partial charge >= 0.3 is 10.4 Å². The highest BCUT2D eigenvalue weighted by molar-refractivity contribution is 7.79. The Morgan fingerprint density at radius 3 is 1.25 bits per heavy atom. The van der Waals surface area contributed by atoms with E-state index in [-0.39, 0.29) is 17.7 Å². The van der Waals surface area contributed by atoms with Crippen LogP contribution in [0.25, 0.3) is 0 Å². The molecule has 0 aromatic carbocycles. The molecule has 0 aliphatic carbocycles. The van der Waals surface area contributed by atoms with Gasteiger partial charge in [-0.05, 0) is 19.8 Å². The number of aromatic nitrogens is 2. The Balaban J connectivity index is 0.00000504. The van der Waals surface area contributed by atoms with Crippen LogP contribution >= 0.6 is 0 Å². The van der Waals surface area contributed by atoms with Crippen molar-refractivity contribution in [2.45, 2.75) is 239 Å². The van der Waals surface area contributed by atoms with Gasteiger partial charge in [0, 0.05) is 26.1 Å². The van der Waals surface area contributed by atoms with Crippen molar-refractivity contribution in [3.05, 3.63) is 17.7 Å². The second-order valence-corrected chi connectivity index (χ2v) is 16.4. The fourth-order valence-electron chi connectivity index (χ4n) is 6.91. The summed E-state index contributed by atoms with van der Waals surface area (Å²) in [7, 11) is -2.71. The summed E-state index contributed by atoms with van der Waals surface area (Å²) in [6.07, 6.45) is 43.6. The maximum atomic E-state index is 12.7. The van der Waals surface area contributed by atoms with Crippen molar-refractivity contribution in [3.63, 3.8) is 0 Å². The lowest BCUT2D eigenvalue weighted by Gasteiger charge is -2.11. The monoisotopic (exact) mass is 770 g/mol. The SMILES string of the molecule is CCCCCCCCCCCCCCCCCC(=O)Cc1nc(C(C)NC(=O)CCCCCCCCCCCCCCCCC)cn1C.O=S(=O)(O)O. The minimum Gasteiger partial charge on any atom is -0.348 e. The summed E-state index contributed by atoms with van der Waals surface area (Å²) < 4.78 is 33.5. The molecule has 1 heterocycles. The lowest BCUT2D eigenvalue weighted by Crippen LogP contribution is -2.26. The van der Waals surface area contributed by atoms with Crippen molar-refractivity contribution in [1.29, 1.82) is 0 Å². The predicted molar refractivity (Wildman–Crippen MR) is 222 cm³/mol. The molecule has 53 heavy (non-hydrogen) atoms. The third-order valence-corrected chi connectivity index (χ3v) is 10.2. The van der Waals surface area contributed by atoms with Gasteiger partial charge in [0.25, 0.3) is 0 Å². The number of carbonyl (C=O) groups is 2. The molecule has 0 fully saturated rings. The second kappa shape index (κ2) is 35.9. The maximum Gasteiger partial charge on any atom is 0.394 e. The second-order valence-electron chi connectivity index (χ2n) is 15.5. The molecule has 0 spiro atoms. The fourth-order valence-corrected chi connectivity index (χ4v) is 6.91. The molecule has 1 rings (SSSR count). The van der Waals surface area contributed by atoms with Gasteiger partial charge in [0.2, 0.25) is 5.91 Å². The summed E-state index contributed by atoms with van der Waals surface area (Å²) in [6.45, 7) is 6.56. The van der Waals surface area contributed by atoms with E-state index in [0.717, 1.165) is 37.2 Å². The molecule has 0 bridgehead atoms. The zero-order valence-corrected chi connectivity index (χ0v) is 35.6. The Labute approximate surface area is 326 Å².